The number of hydrogen-bond donors (Lipinski definition) is 2. The number of nitrogens with one attached hydrogen (secondary N) is 2. The zero-order valence-electron chi connectivity index (χ0n) is 24.4. The molecule has 1 aliphatic heterocycles. The fourth-order valence-electron chi connectivity index (χ4n) is 4.87. The maximum absolute atomic E-state index is 15.0. The minimum atomic E-state index is -4.50. The molecule has 0 atom stereocenters. The van der Waals surface area contributed by atoms with Gasteiger partial charge in [-0.15, -0.1) is 0 Å². The smallest absolute Gasteiger partial charge is 0.416 e. The summed E-state index contributed by atoms with van der Waals surface area (Å²) < 4.78 is 71.0. The number of nitrogens with zero attached hydrogens (tertiary/aromatic N) is 3. The van der Waals surface area contributed by atoms with E-state index in [1.54, 1.807) is 24.4 Å². The Hall–Kier alpha value is -4.91. The van der Waals surface area contributed by atoms with E-state index in [9.17, 15) is 18.0 Å². The Bertz CT molecular complexity index is 1680. The molecule has 0 radical (unpaired) electrons. The summed E-state index contributed by atoms with van der Waals surface area (Å²) in [5.74, 6) is 0.519. The number of anilines is 1. The van der Waals surface area contributed by atoms with Crippen molar-refractivity contribution in [2.75, 3.05) is 38.7 Å². The Labute approximate surface area is 256 Å². The van der Waals surface area contributed by atoms with Crippen LogP contribution in [0.3, 0.4) is 0 Å². The van der Waals surface area contributed by atoms with Crippen molar-refractivity contribution in [3.63, 3.8) is 0 Å². The van der Waals surface area contributed by atoms with Gasteiger partial charge in [0.2, 0.25) is 0 Å². The van der Waals surface area contributed by atoms with E-state index in [1.165, 1.54) is 44.2 Å². The summed E-state index contributed by atoms with van der Waals surface area (Å²) in [4.78, 5) is 19.0. The third kappa shape index (κ3) is 8.38. The molecule has 2 heterocycles. The number of hydrazone groups is 1. The third-order valence-electron chi connectivity index (χ3n) is 7.07. The van der Waals surface area contributed by atoms with Gasteiger partial charge in [-0.3, -0.25) is 4.98 Å². The van der Waals surface area contributed by atoms with Crippen molar-refractivity contribution in [3.8, 4) is 23.0 Å². The molecular formula is C32H31F4N5O4. The molecule has 1 saturated heterocycles. The Morgan fingerprint density at radius 2 is 1.84 bits per heavy atom. The molecular weight excluding hydrogens is 594 g/mol. The molecule has 0 unspecified atom stereocenters. The van der Waals surface area contributed by atoms with Crippen molar-refractivity contribution in [3.05, 3.63) is 83.8 Å². The SMILES string of the molecule is COc1cc2c(Oc3ccc(NC(=O)N/N=C/c4cccc(C(F)(F)F)c4)cc3F)ccnc2cc1OCCCN1CCCC1. The highest BCUT2D eigenvalue weighted by molar-refractivity contribution is 5.91. The number of pyridine rings is 1. The van der Waals surface area contributed by atoms with E-state index in [-0.39, 0.29) is 17.0 Å². The van der Waals surface area contributed by atoms with E-state index in [2.05, 4.69) is 25.7 Å². The van der Waals surface area contributed by atoms with Crippen LogP contribution >= 0.6 is 0 Å². The molecule has 45 heavy (non-hydrogen) atoms. The predicted molar refractivity (Wildman–Crippen MR) is 162 cm³/mol. The monoisotopic (exact) mass is 625 g/mol. The fraction of sp³-hybridized carbons (Fsp3) is 0.281. The van der Waals surface area contributed by atoms with E-state index in [1.807, 2.05) is 0 Å². The summed E-state index contributed by atoms with van der Waals surface area (Å²) in [6.07, 6.45) is 1.47. The summed E-state index contributed by atoms with van der Waals surface area (Å²) in [6.45, 7) is 3.77. The molecule has 0 bridgehead atoms. The van der Waals surface area contributed by atoms with Gasteiger partial charge in [-0.2, -0.15) is 18.3 Å². The molecule has 13 heteroatoms. The number of likely N-dealkylation sites (tertiary alicyclic amines) is 1. The number of benzene rings is 3. The highest BCUT2D eigenvalue weighted by Gasteiger charge is 2.30. The van der Waals surface area contributed by atoms with Crippen LogP contribution < -0.4 is 25.0 Å². The van der Waals surface area contributed by atoms with Gasteiger partial charge in [0.25, 0.3) is 0 Å². The normalized spacial score (nSPS) is 13.7. The number of aromatic nitrogens is 1. The lowest BCUT2D eigenvalue weighted by molar-refractivity contribution is -0.137. The molecule has 0 spiro atoms. The average Bonchev–Trinajstić information content (AvgIpc) is 3.54. The predicted octanol–water partition coefficient (Wildman–Crippen LogP) is 7.21. The number of fused-ring (bicyclic) bond motifs is 1. The van der Waals surface area contributed by atoms with Gasteiger partial charge in [0.1, 0.15) is 5.75 Å². The first kappa shape index (κ1) is 31.5. The lowest BCUT2D eigenvalue weighted by Crippen LogP contribution is -2.24. The average molecular weight is 626 g/mol. The van der Waals surface area contributed by atoms with E-state index >= 15 is 4.39 Å². The Kier molecular flexibility index (Phi) is 9.98. The van der Waals surface area contributed by atoms with Crippen LogP contribution in [0.4, 0.5) is 28.0 Å². The van der Waals surface area contributed by atoms with Crippen molar-refractivity contribution in [2.24, 2.45) is 5.10 Å². The van der Waals surface area contributed by atoms with Crippen molar-refractivity contribution in [1.29, 1.82) is 0 Å². The molecule has 0 saturated carbocycles. The van der Waals surface area contributed by atoms with E-state index in [0.717, 1.165) is 50.5 Å². The highest BCUT2D eigenvalue weighted by atomic mass is 19.4. The third-order valence-corrected chi connectivity index (χ3v) is 7.07. The van der Waals surface area contributed by atoms with E-state index in [4.69, 9.17) is 14.2 Å². The van der Waals surface area contributed by atoms with Crippen LogP contribution in [0.5, 0.6) is 23.0 Å². The maximum Gasteiger partial charge on any atom is 0.416 e. The first-order valence-corrected chi connectivity index (χ1v) is 14.3. The number of methoxy groups -OCH3 is 1. The van der Waals surface area contributed by atoms with Crippen molar-refractivity contribution >= 4 is 28.8 Å². The molecule has 2 amide bonds. The van der Waals surface area contributed by atoms with Gasteiger partial charge >= 0.3 is 12.2 Å². The van der Waals surface area contributed by atoms with E-state index in [0.29, 0.717) is 34.8 Å². The number of urea groups is 1. The Morgan fingerprint density at radius 1 is 1.02 bits per heavy atom. The van der Waals surface area contributed by atoms with Crippen LogP contribution in [-0.4, -0.2) is 55.5 Å². The molecule has 5 rings (SSSR count). The first-order chi connectivity index (χ1) is 21.7. The lowest BCUT2D eigenvalue weighted by Gasteiger charge is -2.16. The van der Waals surface area contributed by atoms with Crippen LogP contribution in [0.15, 0.2) is 72.0 Å². The number of hydrogen-bond acceptors (Lipinski definition) is 7. The van der Waals surface area contributed by atoms with Gasteiger partial charge in [0.05, 0.1) is 31.0 Å². The number of rotatable bonds is 11. The van der Waals surface area contributed by atoms with Gasteiger partial charge in [-0.05, 0) is 74.3 Å². The molecule has 0 aliphatic carbocycles. The summed E-state index contributed by atoms with van der Waals surface area (Å²) in [5.41, 5.74) is 2.09. The summed E-state index contributed by atoms with van der Waals surface area (Å²) in [6, 6.07) is 12.5. The standard InChI is InChI=1S/C32H31F4N5O4/c1-43-29-18-24-26(19-30(29)44-15-5-14-41-12-2-3-13-41)37-11-10-27(24)45-28-9-8-23(17-25(28)33)39-31(42)40-38-20-21-6-4-7-22(16-21)32(34,35)36/h4,6-11,16-20H,2-3,5,12-15H2,1H3,(H2,39,40,42)/b38-20+. The van der Waals surface area contributed by atoms with Crippen LogP contribution in [0.1, 0.15) is 30.4 Å². The zero-order chi connectivity index (χ0) is 31.8. The van der Waals surface area contributed by atoms with Gasteiger partial charge in [0, 0.05) is 35.9 Å². The van der Waals surface area contributed by atoms with Crippen LogP contribution in [0.2, 0.25) is 0 Å². The van der Waals surface area contributed by atoms with E-state index < -0.39 is 23.6 Å². The second kappa shape index (κ2) is 14.2. The number of alkyl halides is 3. The lowest BCUT2D eigenvalue weighted by atomic mass is 10.1. The summed E-state index contributed by atoms with van der Waals surface area (Å²) in [5, 5.41) is 6.63. The molecule has 4 aromatic rings. The molecule has 1 fully saturated rings. The van der Waals surface area contributed by atoms with Gasteiger partial charge in [-0.25, -0.2) is 14.6 Å². The molecule has 2 N–H and O–H groups in total. The number of carbonyl (C=O) groups is 1. The minimum Gasteiger partial charge on any atom is -0.493 e. The van der Waals surface area contributed by atoms with Crippen LogP contribution in [0, 0.1) is 5.82 Å². The quantitative estimate of drug-likeness (QED) is 0.0791. The van der Waals surface area contributed by atoms with Crippen molar-refractivity contribution < 1.29 is 36.6 Å². The van der Waals surface area contributed by atoms with Crippen LogP contribution in [0.25, 0.3) is 10.9 Å². The summed E-state index contributed by atoms with van der Waals surface area (Å²) in [7, 11) is 1.54. The molecule has 9 nitrogen and oxygen atoms in total. The number of ether oxygens (including phenoxy) is 3. The first-order valence-electron chi connectivity index (χ1n) is 14.3. The maximum atomic E-state index is 15.0. The molecule has 1 aromatic heterocycles. The van der Waals surface area contributed by atoms with Crippen molar-refractivity contribution in [2.45, 2.75) is 25.4 Å². The zero-order valence-corrected chi connectivity index (χ0v) is 24.4. The molecule has 236 valence electrons. The van der Waals surface area contributed by atoms with Gasteiger partial charge in [-0.1, -0.05) is 12.1 Å². The van der Waals surface area contributed by atoms with Gasteiger partial charge in [0.15, 0.2) is 23.1 Å². The summed E-state index contributed by atoms with van der Waals surface area (Å²) >= 11 is 0. The minimum absolute atomic E-state index is 0.0967. The second-order valence-corrected chi connectivity index (χ2v) is 10.3. The van der Waals surface area contributed by atoms with Crippen LogP contribution in [-0.2, 0) is 6.18 Å². The fourth-order valence-corrected chi connectivity index (χ4v) is 4.87. The topological polar surface area (TPSA) is 97.3 Å². The van der Waals surface area contributed by atoms with Crippen molar-refractivity contribution in [1.82, 2.24) is 15.3 Å². The number of halogens is 4. The molecule has 1 aliphatic rings. The Balaban J connectivity index is 1.20. The Morgan fingerprint density at radius 3 is 2.60 bits per heavy atom. The number of carbonyl (C=O) groups excluding carboxylic acids is 1. The largest absolute Gasteiger partial charge is 0.493 e. The number of amides is 2. The highest BCUT2D eigenvalue weighted by Crippen LogP contribution is 2.38. The second-order valence-electron chi connectivity index (χ2n) is 10.3. The van der Waals surface area contributed by atoms with Gasteiger partial charge < -0.3 is 24.4 Å². The molecule has 3 aromatic carbocycles.